The normalized spacial score (nSPS) is 13.1. The van der Waals surface area contributed by atoms with Gasteiger partial charge >= 0.3 is 5.97 Å². The quantitative estimate of drug-likeness (QED) is 0.703. The predicted molar refractivity (Wildman–Crippen MR) is 114 cm³/mol. The summed E-state index contributed by atoms with van der Waals surface area (Å²) in [4.78, 5) is 26.1. The van der Waals surface area contributed by atoms with Gasteiger partial charge in [0, 0.05) is 4.88 Å². The van der Waals surface area contributed by atoms with Crippen LogP contribution in [0.25, 0.3) is 0 Å². The van der Waals surface area contributed by atoms with Crippen molar-refractivity contribution in [3.8, 4) is 0 Å². The van der Waals surface area contributed by atoms with Crippen LogP contribution in [-0.2, 0) is 32.4 Å². The van der Waals surface area contributed by atoms with Crippen molar-refractivity contribution in [2.45, 2.75) is 33.1 Å². The van der Waals surface area contributed by atoms with E-state index in [0.29, 0.717) is 16.3 Å². The van der Waals surface area contributed by atoms with E-state index in [0.717, 1.165) is 51.4 Å². The number of nitrogens with one attached hydrogen (secondary N) is 1. The molecule has 156 valence electrons. The van der Waals surface area contributed by atoms with Crippen LogP contribution in [0.5, 0.6) is 0 Å². The molecule has 1 N–H and O–H groups in total. The molecule has 0 bridgehead atoms. The minimum absolute atomic E-state index is 0.381. The summed E-state index contributed by atoms with van der Waals surface area (Å²) in [5, 5.41) is 3.16. The lowest BCUT2D eigenvalue weighted by atomic mass is 10.1. The third-order valence-corrected chi connectivity index (χ3v) is 7.26. The van der Waals surface area contributed by atoms with Gasteiger partial charge < -0.3 is 10.1 Å². The number of esters is 1. The second-order valence-corrected chi connectivity index (χ2v) is 10.1. The molecule has 1 aliphatic carbocycles. The fourth-order valence-electron chi connectivity index (χ4n) is 3.67. The molecule has 1 aromatic heterocycles. The Morgan fingerprint density at radius 3 is 2.45 bits per heavy atom. The number of benzene rings is 1. The highest BCUT2D eigenvalue weighted by Crippen LogP contribution is 2.39. The first kappa shape index (κ1) is 21.3. The Bertz CT molecular complexity index is 1050. The van der Waals surface area contributed by atoms with E-state index in [1.807, 2.05) is 6.07 Å². The van der Waals surface area contributed by atoms with Gasteiger partial charge in [0.2, 0.25) is 15.9 Å². The number of para-hydroxylation sites is 1. The molecule has 0 saturated carbocycles. The van der Waals surface area contributed by atoms with Gasteiger partial charge in [0.25, 0.3) is 0 Å². The summed E-state index contributed by atoms with van der Waals surface area (Å²) in [6.45, 7) is 3.23. The van der Waals surface area contributed by atoms with Crippen molar-refractivity contribution >= 4 is 43.9 Å². The fraction of sp³-hybridized carbons (Fsp3) is 0.400. The number of carbonyl (C=O) groups is 2. The van der Waals surface area contributed by atoms with Gasteiger partial charge in [-0.3, -0.25) is 9.10 Å². The Morgan fingerprint density at radius 2 is 1.86 bits per heavy atom. The summed E-state index contributed by atoms with van der Waals surface area (Å²) in [5.74, 6) is -1.00. The molecule has 1 aromatic carbocycles. The van der Waals surface area contributed by atoms with Crippen LogP contribution in [-0.4, -0.2) is 40.2 Å². The van der Waals surface area contributed by atoms with E-state index in [1.54, 1.807) is 26.0 Å². The number of rotatable bonds is 6. The SMILES string of the molecule is COC(=O)c1c(NC(=O)CN(c2c(C)cccc2C)S(C)(=O)=O)sc2c1CCC2. The van der Waals surface area contributed by atoms with Gasteiger partial charge in [-0.1, -0.05) is 18.2 Å². The summed E-state index contributed by atoms with van der Waals surface area (Å²) in [6.07, 6.45) is 3.67. The Morgan fingerprint density at radius 1 is 1.21 bits per heavy atom. The van der Waals surface area contributed by atoms with Gasteiger partial charge in [0.1, 0.15) is 11.5 Å². The van der Waals surface area contributed by atoms with Gasteiger partial charge in [-0.2, -0.15) is 0 Å². The third kappa shape index (κ3) is 4.30. The largest absolute Gasteiger partial charge is 0.465 e. The first-order valence-corrected chi connectivity index (χ1v) is 11.9. The van der Waals surface area contributed by atoms with E-state index in [2.05, 4.69) is 5.32 Å². The smallest absolute Gasteiger partial charge is 0.341 e. The second kappa shape index (κ2) is 8.16. The Labute approximate surface area is 174 Å². The molecule has 0 spiro atoms. The van der Waals surface area contributed by atoms with Crippen molar-refractivity contribution < 1.29 is 22.7 Å². The minimum atomic E-state index is -3.69. The molecule has 0 atom stereocenters. The first-order valence-electron chi connectivity index (χ1n) is 9.20. The highest BCUT2D eigenvalue weighted by molar-refractivity contribution is 7.92. The molecule has 0 radical (unpaired) electrons. The number of carbonyl (C=O) groups excluding carboxylic acids is 2. The lowest BCUT2D eigenvalue weighted by Gasteiger charge is -2.25. The molecular formula is C20H24N2O5S2. The van der Waals surface area contributed by atoms with Gasteiger partial charge in [0.15, 0.2) is 0 Å². The standard InChI is InChI=1S/C20H24N2O5S2/c1-12-7-5-8-13(2)18(12)22(29(4,25)26)11-16(23)21-19-17(20(24)27-3)14-9-6-10-15(14)28-19/h5,7-8H,6,9-11H2,1-4H3,(H,21,23). The Hall–Kier alpha value is -2.39. The van der Waals surface area contributed by atoms with E-state index >= 15 is 0 Å². The number of sulfonamides is 1. The van der Waals surface area contributed by atoms with Crippen LogP contribution >= 0.6 is 11.3 Å². The average Bonchev–Trinajstić information content (AvgIpc) is 3.19. The second-order valence-electron chi connectivity index (χ2n) is 7.11. The lowest BCUT2D eigenvalue weighted by molar-refractivity contribution is -0.114. The van der Waals surface area contributed by atoms with Crippen molar-refractivity contribution in [2.24, 2.45) is 0 Å². The number of fused-ring (bicyclic) bond motifs is 1. The molecule has 1 aliphatic rings. The molecule has 1 amide bonds. The van der Waals surface area contributed by atoms with E-state index in [9.17, 15) is 18.0 Å². The number of nitrogens with zero attached hydrogens (tertiary/aromatic N) is 1. The van der Waals surface area contributed by atoms with Crippen LogP contribution < -0.4 is 9.62 Å². The fourth-order valence-corrected chi connectivity index (χ4v) is 5.93. The topological polar surface area (TPSA) is 92.8 Å². The predicted octanol–water partition coefficient (Wildman–Crippen LogP) is 3.04. The molecule has 29 heavy (non-hydrogen) atoms. The Kier molecular flexibility index (Phi) is 6.00. The van der Waals surface area contributed by atoms with Crippen LogP contribution in [0.1, 0.15) is 38.3 Å². The summed E-state index contributed by atoms with van der Waals surface area (Å²) in [6, 6.07) is 5.44. The number of hydrogen-bond acceptors (Lipinski definition) is 6. The number of ether oxygens (including phenoxy) is 1. The van der Waals surface area contributed by atoms with Crippen molar-refractivity contribution in [1.29, 1.82) is 0 Å². The maximum absolute atomic E-state index is 12.8. The van der Waals surface area contributed by atoms with Crippen molar-refractivity contribution in [2.75, 3.05) is 29.5 Å². The zero-order valence-electron chi connectivity index (χ0n) is 16.9. The molecule has 0 aliphatic heterocycles. The molecular weight excluding hydrogens is 412 g/mol. The molecule has 3 rings (SSSR count). The number of aryl methyl sites for hydroxylation is 3. The average molecular weight is 437 g/mol. The van der Waals surface area contributed by atoms with Crippen molar-refractivity contribution in [3.05, 3.63) is 45.3 Å². The van der Waals surface area contributed by atoms with Crippen molar-refractivity contribution in [3.63, 3.8) is 0 Å². The van der Waals surface area contributed by atoms with Crippen LogP contribution in [0.3, 0.4) is 0 Å². The van der Waals surface area contributed by atoms with E-state index in [1.165, 1.54) is 18.4 Å². The first-order chi connectivity index (χ1) is 13.6. The molecule has 1 heterocycles. The lowest BCUT2D eigenvalue weighted by Crippen LogP contribution is -2.38. The minimum Gasteiger partial charge on any atom is -0.465 e. The van der Waals surface area contributed by atoms with Crippen LogP contribution in [0, 0.1) is 13.8 Å². The number of hydrogen-bond donors (Lipinski definition) is 1. The highest BCUT2D eigenvalue weighted by atomic mass is 32.2. The number of methoxy groups -OCH3 is 1. The summed E-state index contributed by atoms with van der Waals surface area (Å²) >= 11 is 1.36. The summed E-state index contributed by atoms with van der Waals surface area (Å²) < 4.78 is 30.9. The van der Waals surface area contributed by atoms with Gasteiger partial charge in [-0.15, -0.1) is 11.3 Å². The Balaban J connectivity index is 1.91. The number of amides is 1. The van der Waals surface area contributed by atoms with E-state index in [4.69, 9.17) is 4.74 Å². The molecule has 0 fully saturated rings. The monoisotopic (exact) mass is 436 g/mol. The molecule has 0 unspecified atom stereocenters. The molecule has 7 nitrogen and oxygen atoms in total. The molecule has 0 saturated heterocycles. The zero-order chi connectivity index (χ0) is 21.3. The van der Waals surface area contributed by atoms with Crippen molar-refractivity contribution in [1.82, 2.24) is 0 Å². The summed E-state index contributed by atoms with van der Waals surface area (Å²) in [7, 11) is -2.39. The van der Waals surface area contributed by atoms with Gasteiger partial charge in [0.05, 0.1) is 24.6 Å². The van der Waals surface area contributed by atoms with Crippen LogP contribution in [0.15, 0.2) is 18.2 Å². The van der Waals surface area contributed by atoms with E-state index < -0.39 is 21.9 Å². The maximum Gasteiger partial charge on any atom is 0.341 e. The van der Waals surface area contributed by atoms with E-state index in [-0.39, 0.29) is 6.54 Å². The maximum atomic E-state index is 12.8. The molecule has 2 aromatic rings. The number of thiophene rings is 1. The third-order valence-electron chi connectivity index (χ3n) is 4.94. The van der Waals surface area contributed by atoms with Gasteiger partial charge in [-0.05, 0) is 49.8 Å². The molecule has 9 heteroatoms. The van der Waals surface area contributed by atoms with Gasteiger partial charge in [-0.25, -0.2) is 13.2 Å². The van der Waals surface area contributed by atoms with Crippen LogP contribution in [0.4, 0.5) is 10.7 Å². The number of anilines is 2. The highest BCUT2D eigenvalue weighted by Gasteiger charge is 2.29. The summed E-state index contributed by atoms with van der Waals surface area (Å²) in [5.41, 5.74) is 3.32. The van der Waals surface area contributed by atoms with Crippen LogP contribution in [0.2, 0.25) is 0 Å². The zero-order valence-corrected chi connectivity index (χ0v) is 18.5.